The van der Waals surface area contributed by atoms with E-state index in [2.05, 4.69) is 10.6 Å². The number of ether oxygens (including phenoxy) is 2. The van der Waals surface area contributed by atoms with Gasteiger partial charge in [0.15, 0.2) is 0 Å². The van der Waals surface area contributed by atoms with Crippen molar-refractivity contribution >= 4 is 18.0 Å². The number of carboxylic acids is 1. The summed E-state index contributed by atoms with van der Waals surface area (Å²) in [5.41, 5.74) is 1.53. The molecular weight excluding hydrogens is 376 g/mol. The van der Waals surface area contributed by atoms with Crippen LogP contribution in [-0.4, -0.2) is 42.3 Å². The lowest BCUT2D eigenvalue weighted by Crippen LogP contribution is -2.51. The Morgan fingerprint density at radius 2 is 1.62 bits per heavy atom. The lowest BCUT2D eigenvalue weighted by molar-refractivity contribution is -0.142. The molecule has 2 aromatic carbocycles. The molecule has 2 amide bonds. The van der Waals surface area contributed by atoms with Gasteiger partial charge in [0, 0.05) is 6.42 Å². The Hall–Kier alpha value is -3.55. The molecule has 3 N–H and O–H groups in total. The smallest absolute Gasteiger partial charge is 0.408 e. The van der Waals surface area contributed by atoms with E-state index in [1.54, 1.807) is 36.4 Å². The van der Waals surface area contributed by atoms with Crippen molar-refractivity contribution in [2.75, 3.05) is 7.11 Å². The fraction of sp³-hybridized carbons (Fsp3) is 0.286. The van der Waals surface area contributed by atoms with E-state index in [1.807, 2.05) is 18.2 Å². The highest BCUT2D eigenvalue weighted by molar-refractivity contribution is 5.89. The zero-order valence-electron chi connectivity index (χ0n) is 16.3. The molecule has 8 nitrogen and oxygen atoms in total. The van der Waals surface area contributed by atoms with Gasteiger partial charge >= 0.3 is 12.1 Å². The molecule has 1 unspecified atom stereocenters. The number of carbonyl (C=O) groups is 3. The number of carboxylic acid groups (broad SMARTS) is 1. The summed E-state index contributed by atoms with van der Waals surface area (Å²) in [6.07, 6.45) is -0.672. The topological polar surface area (TPSA) is 114 Å². The maximum absolute atomic E-state index is 12.3. The van der Waals surface area contributed by atoms with Crippen molar-refractivity contribution in [2.24, 2.45) is 0 Å². The molecule has 8 heteroatoms. The molecule has 29 heavy (non-hydrogen) atoms. The normalized spacial score (nSPS) is 12.3. The third kappa shape index (κ3) is 7.17. The minimum absolute atomic E-state index is 0.0657. The molecule has 0 aromatic heterocycles. The molecule has 0 aliphatic heterocycles. The van der Waals surface area contributed by atoms with Gasteiger partial charge in [-0.2, -0.15) is 0 Å². The second-order valence-corrected chi connectivity index (χ2v) is 6.38. The number of methoxy groups -OCH3 is 1. The van der Waals surface area contributed by atoms with E-state index in [9.17, 15) is 19.5 Å². The molecule has 0 spiro atoms. The van der Waals surface area contributed by atoms with Crippen molar-refractivity contribution in [2.45, 2.75) is 32.0 Å². The van der Waals surface area contributed by atoms with Crippen molar-refractivity contribution in [1.29, 1.82) is 0 Å². The Labute approximate surface area is 168 Å². The number of alkyl carbamates (subject to hydrolysis) is 1. The monoisotopic (exact) mass is 400 g/mol. The van der Waals surface area contributed by atoms with Crippen LogP contribution < -0.4 is 15.4 Å². The van der Waals surface area contributed by atoms with Crippen molar-refractivity contribution in [3.05, 3.63) is 65.7 Å². The van der Waals surface area contributed by atoms with Crippen LogP contribution in [0, 0.1) is 0 Å². The molecule has 0 radical (unpaired) electrons. The average Bonchev–Trinajstić information content (AvgIpc) is 2.72. The molecule has 2 atom stereocenters. The Morgan fingerprint density at radius 3 is 2.21 bits per heavy atom. The van der Waals surface area contributed by atoms with Gasteiger partial charge in [0.05, 0.1) is 7.11 Å². The van der Waals surface area contributed by atoms with Crippen LogP contribution in [0.25, 0.3) is 0 Å². The number of carbonyl (C=O) groups excluding carboxylic acids is 2. The Morgan fingerprint density at radius 1 is 0.966 bits per heavy atom. The number of hydrogen-bond acceptors (Lipinski definition) is 5. The van der Waals surface area contributed by atoms with Crippen molar-refractivity contribution < 1.29 is 29.0 Å². The van der Waals surface area contributed by atoms with Gasteiger partial charge in [0.1, 0.15) is 24.4 Å². The van der Waals surface area contributed by atoms with E-state index in [-0.39, 0.29) is 13.0 Å². The third-order valence-electron chi connectivity index (χ3n) is 4.15. The van der Waals surface area contributed by atoms with Crippen molar-refractivity contribution in [3.8, 4) is 5.75 Å². The predicted octanol–water partition coefficient (Wildman–Crippen LogP) is 2.12. The molecule has 154 valence electrons. The fourth-order valence-electron chi connectivity index (χ4n) is 2.50. The molecule has 0 saturated carbocycles. The van der Waals surface area contributed by atoms with Crippen LogP contribution in [0.1, 0.15) is 18.1 Å². The Balaban J connectivity index is 1.85. The number of benzene rings is 2. The number of hydrogen-bond donors (Lipinski definition) is 3. The van der Waals surface area contributed by atoms with Gasteiger partial charge in [-0.1, -0.05) is 42.5 Å². The second-order valence-electron chi connectivity index (χ2n) is 6.38. The average molecular weight is 400 g/mol. The first-order valence-electron chi connectivity index (χ1n) is 9.02. The quantitative estimate of drug-likeness (QED) is 0.594. The minimum atomic E-state index is -1.17. The van der Waals surface area contributed by atoms with Gasteiger partial charge in [-0.05, 0) is 30.2 Å². The highest BCUT2D eigenvalue weighted by atomic mass is 16.5. The van der Waals surface area contributed by atoms with Gasteiger partial charge in [-0.15, -0.1) is 0 Å². The summed E-state index contributed by atoms with van der Waals surface area (Å²) >= 11 is 0. The summed E-state index contributed by atoms with van der Waals surface area (Å²) < 4.78 is 10.1. The van der Waals surface area contributed by atoms with Gasteiger partial charge in [-0.3, -0.25) is 4.79 Å². The van der Waals surface area contributed by atoms with Crippen LogP contribution in [0.3, 0.4) is 0 Å². The first-order chi connectivity index (χ1) is 13.9. The molecule has 0 aliphatic rings. The van der Waals surface area contributed by atoms with Crippen LogP contribution in [0.5, 0.6) is 5.75 Å². The summed E-state index contributed by atoms with van der Waals surface area (Å²) in [5, 5.41) is 14.2. The Bertz CT molecular complexity index is 823. The van der Waals surface area contributed by atoms with Crippen molar-refractivity contribution in [1.82, 2.24) is 10.6 Å². The zero-order chi connectivity index (χ0) is 21.2. The highest BCUT2D eigenvalue weighted by Crippen LogP contribution is 2.13. The number of aliphatic carboxylic acids is 1. The van der Waals surface area contributed by atoms with Crippen LogP contribution in [0.2, 0.25) is 0 Å². The summed E-state index contributed by atoms with van der Waals surface area (Å²) in [4.78, 5) is 35.7. The first kappa shape index (κ1) is 21.7. The maximum atomic E-state index is 12.3. The van der Waals surface area contributed by atoms with E-state index in [0.717, 1.165) is 11.1 Å². The minimum Gasteiger partial charge on any atom is -0.497 e. The van der Waals surface area contributed by atoms with E-state index in [4.69, 9.17) is 9.47 Å². The summed E-state index contributed by atoms with van der Waals surface area (Å²) in [7, 11) is 1.54. The van der Waals surface area contributed by atoms with Gasteiger partial charge in [0.25, 0.3) is 0 Å². The number of rotatable bonds is 9. The van der Waals surface area contributed by atoms with Crippen molar-refractivity contribution in [3.63, 3.8) is 0 Å². The lowest BCUT2D eigenvalue weighted by Gasteiger charge is -2.19. The maximum Gasteiger partial charge on any atom is 0.408 e. The van der Waals surface area contributed by atoms with Gasteiger partial charge in [-0.25, -0.2) is 9.59 Å². The molecule has 0 fully saturated rings. The SMILES string of the molecule is COc1ccc(C[C@H](NC(=O)C(C)NC(=O)OCc2ccccc2)C(=O)O)cc1. The molecule has 2 rings (SSSR count). The molecule has 0 heterocycles. The van der Waals surface area contributed by atoms with Crippen LogP contribution in [0.15, 0.2) is 54.6 Å². The van der Waals surface area contributed by atoms with E-state index in [0.29, 0.717) is 5.75 Å². The largest absolute Gasteiger partial charge is 0.497 e. The second kappa shape index (κ2) is 10.7. The summed E-state index contributed by atoms with van der Waals surface area (Å²) in [6.45, 7) is 1.52. The zero-order valence-corrected chi connectivity index (χ0v) is 16.3. The molecule has 0 aliphatic carbocycles. The molecule has 0 saturated heterocycles. The predicted molar refractivity (Wildman–Crippen MR) is 105 cm³/mol. The summed E-state index contributed by atoms with van der Waals surface area (Å²) in [5.74, 6) is -1.15. The molecular formula is C21H24N2O6. The van der Waals surface area contributed by atoms with E-state index >= 15 is 0 Å². The summed E-state index contributed by atoms with van der Waals surface area (Å²) in [6, 6.07) is 13.9. The van der Waals surface area contributed by atoms with Crippen LogP contribution >= 0.6 is 0 Å². The highest BCUT2D eigenvalue weighted by Gasteiger charge is 2.24. The van der Waals surface area contributed by atoms with E-state index < -0.39 is 30.1 Å². The Kier molecular flexibility index (Phi) is 8.02. The van der Waals surface area contributed by atoms with Gasteiger partial charge in [0.2, 0.25) is 5.91 Å². The van der Waals surface area contributed by atoms with Gasteiger partial charge < -0.3 is 25.2 Å². The lowest BCUT2D eigenvalue weighted by atomic mass is 10.1. The standard InChI is InChI=1S/C21H24N2O6/c1-14(22-21(27)29-13-16-6-4-3-5-7-16)19(24)23-18(20(25)26)12-15-8-10-17(28-2)11-9-15/h3-11,14,18H,12-13H2,1-2H3,(H,22,27)(H,23,24)(H,25,26)/t14?,18-/m0/s1. The van der Waals surface area contributed by atoms with E-state index in [1.165, 1.54) is 14.0 Å². The molecule has 0 bridgehead atoms. The van der Waals surface area contributed by atoms with Crippen LogP contribution in [0.4, 0.5) is 4.79 Å². The molecule has 2 aromatic rings. The number of amides is 2. The number of nitrogens with one attached hydrogen (secondary N) is 2. The first-order valence-corrected chi connectivity index (χ1v) is 9.02. The fourth-order valence-corrected chi connectivity index (χ4v) is 2.50. The third-order valence-corrected chi connectivity index (χ3v) is 4.15. The van der Waals surface area contributed by atoms with Crippen LogP contribution in [-0.2, 0) is 27.4 Å².